The molecule has 5 heteroatoms. The molecule has 90 valence electrons. The van der Waals surface area contributed by atoms with Crippen molar-refractivity contribution in [1.29, 1.82) is 0 Å². The lowest BCUT2D eigenvalue weighted by atomic mass is 10.1. The van der Waals surface area contributed by atoms with E-state index in [0.717, 1.165) is 12.1 Å². The van der Waals surface area contributed by atoms with Crippen LogP contribution in [-0.2, 0) is 0 Å². The van der Waals surface area contributed by atoms with Crippen LogP contribution in [0.3, 0.4) is 0 Å². The summed E-state index contributed by atoms with van der Waals surface area (Å²) in [6.45, 7) is 0.706. The van der Waals surface area contributed by atoms with Crippen molar-refractivity contribution < 1.29 is 20.1 Å². The number of nitrogens with one attached hydrogen (secondary N) is 1. The lowest BCUT2D eigenvalue weighted by Crippen LogP contribution is -2.05. The van der Waals surface area contributed by atoms with Crippen LogP contribution in [0.2, 0.25) is 0 Å². The first-order valence-electron chi connectivity index (χ1n) is 4.99. The minimum absolute atomic E-state index is 0.191. The molecule has 0 amide bonds. The van der Waals surface area contributed by atoms with Gasteiger partial charge in [0, 0.05) is 19.0 Å². The van der Waals surface area contributed by atoms with Crippen LogP contribution in [0.5, 0.6) is 11.5 Å². The summed E-state index contributed by atoms with van der Waals surface area (Å²) in [7, 11) is 1.79. The number of hydrogen-bond acceptors (Lipinski definition) is 4. The van der Waals surface area contributed by atoms with Gasteiger partial charge in [-0.1, -0.05) is 11.8 Å². The van der Waals surface area contributed by atoms with Crippen LogP contribution < -0.4 is 5.32 Å². The van der Waals surface area contributed by atoms with E-state index in [9.17, 15) is 15.0 Å². The van der Waals surface area contributed by atoms with Crippen LogP contribution in [0.4, 0.5) is 0 Å². The molecule has 0 unspecified atom stereocenters. The molecule has 0 radical (unpaired) electrons. The minimum Gasteiger partial charge on any atom is -0.507 e. The van der Waals surface area contributed by atoms with Crippen molar-refractivity contribution in [1.82, 2.24) is 5.32 Å². The number of phenols is 2. The van der Waals surface area contributed by atoms with Gasteiger partial charge in [0.05, 0.1) is 5.56 Å². The lowest BCUT2D eigenvalue weighted by molar-refractivity contribution is 0.0693. The summed E-state index contributed by atoms with van der Waals surface area (Å²) >= 11 is 0. The first-order valence-corrected chi connectivity index (χ1v) is 4.99. The Bertz CT molecular complexity index is 485. The normalized spacial score (nSPS) is 9.47. The second-order valence-electron chi connectivity index (χ2n) is 3.35. The Morgan fingerprint density at radius 2 is 2.06 bits per heavy atom. The van der Waals surface area contributed by atoms with E-state index in [1.54, 1.807) is 7.05 Å². The summed E-state index contributed by atoms with van der Waals surface area (Å²) in [5, 5.41) is 30.5. The molecule has 0 spiro atoms. The Kier molecular flexibility index (Phi) is 4.37. The van der Waals surface area contributed by atoms with E-state index in [1.807, 2.05) is 0 Å². The van der Waals surface area contributed by atoms with E-state index in [0.29, 0.717) is 13.0 Å². The number of rotatable bonds is 3. The number of hydrogen-bond donors (Lipinski definition) is 4. The fraction of sp³-hybridized carbons (Fsp3) is 0.250. The zero-order chi connectivity index (χ0) is 12.8. The molecule has 0 aliphatic heterocycles. The summed E-state index contributed by atoms with van der Waals surface area (Å²) < 4.78 is 0. The van der Waals surface area contributed by atoms with Crippen LogP contribution in [0.1, 0.15) is 22.3 Å². The number of carboxylic acid groups (broad SMARTS) is 1. The van der Waals surface area contributed by atoms with Gasteiger partial charge in [0.15, 0.2) is 0 Å². The quantitative estimate of drug-likeness (QED) is 0.458. The Morgan fingerprint density at radius 3 is 2.65 bits per heavy atom. The summed E-state index contributed by atoms with van der Waals surface area (Å²) in [6, 6.07) is 2.13. The second kappa shape index (κ2) is 5.77. The third kappa shape index (κ3) is 3.40. The number of phenolic OH excluding ortho intramolecular Hbond substituents is 1. The molecule has 5 nitrogen and oxygen atoms in total. The molecule has 4 N–H and O–H groups in total. The molecule has 0 heterocycles. The van der Waals surface area contributed by atoms with Crippen LogP contribution in [0.25, 0.3) is 0 Å². The minimum atomic E-state index is -1.26. The van der Waals surface area contributed by atoms with Crippen molar-refractivity contribution in [2.24, 2.45) is 0 Å². The zero-order valence-corrected chi connectivity index (χ0v) is 9.32. The van der Waals surface area contributed by atoms with E-state index in [1.165, 1.54) is 0 Å². The summed E-state index contributed by atoms with van der Waals surface area (Å²) in [4.78, 5) is 10.8. The predicted octanol–water partition coefficient (Wildman–Crippen LogP) is 0.757. The number of carboxylic acids is 1. The molecule has 0 bridgehead atoms. The molecule has 0 saturated heterocycles. The largest absolute Gasteiger partial charge is 0.507 e. The van der Waals surface area contributed by atoms with Crippen molar-refractivity contribution in [2.75, 3.05) is 13.6 Å². The van der Waals surface area contributed by atoms with Crippen LogP contribution in [0.15, 0.2) is 12.1 Å². The average molecular weight is 235 g/mol. The third-order valence-corrected chi connectivity index (χ3v) is 2.07. The van der Waals surface area contributed by atoms with Gasteiger partial charge in [0.1, 0.15) is 17.1 Å². The molecule has 0 fully saturated rings. The Hall–Kier alpha value is -2.19. The SMILES string of the molecule is CNCCC#Cc1cc(C(=O)O)c(O)cc1O. The fourth-order valence-electron chi connectivity index (χ4n) is 1.19. The molecule has 0 aliphatic carbocycles. The van der Waals surface area contributed by atoms with Gasteiger partial charge < -0.3 is 20.6 Å². The van der Waals surface area contributed by atoms with Crippen molar-refractivity contribution in [3.05, 3.63) is 23.3 Å². The topological polar surface area (TPSA) is 89.8 Å². The first kappa shape index (κ1) is 12.9. The summed E-state index contributed by atoms with van der Waals surface area (Å²) in [5.41, 5.74) is -0.0861. The van der Waals surface area contributed by atoms with Gasteiger partial charge >= 0.3 is 5.97 Å². The molecule has 1 aromatic rings. The Labute approximate surface area is 98.7 Å². The van der Waals surface area contributed by atoms with E-state index in [-0.39, 0.29) is 16.9 Å². The summed E-state index contributed by atoms with van der Waals surface area (Å²) in [6.07, 6.45) is 0.583. The Balaban J connectivity index is 3.02. The van der Waals surface area contributed by atoms with Crippen molar-refractivity contribution in [2.45, 2.75) is 6.42 Å². The molecular formula is C12H13NO4. The number of benzene rings is 1. The molecule has 0 saturated carbocycles. The lowest BCUT2D eigenvalue weighted by Gasteiger charge is -2.02. The number of aromatic hydroxyl groups is 2. The maximum atomic E-state index is 10.8. The second-order valence-corrected chi connectivity index (χ2v) is 3.35. The van der Waals surface area contributed by atoms with Gasteiger partial charge in [0.2, 0.25) is 0 Å². The third-order valence-electron chi connectivity index (χ3n) is 2.07. The van der Waals surface area contributed by atoms with Gasteiger partial charge in [-0.05, 0) is 13.1 Å². The zero-order valence-electron chi connectivity index (χ0n) is 9.32. The highest BCUT2D eigenvalue weighted by Gasteiger charge is 2.12. The smallest absolute Gasteiger partial charge is 0.339 e. The number of aromatic carboxylic acids is 1. The molecule has 1 aromatic carbocycles. The number of carbonyl (C=O) groups is 1. The van der Waals surface area contributed by atoms with Crippen LogP contribution in [-0.4, -0.2) is 34.9 Å². The molecule has 17 heavy (non-hydrogen) atoms. The van der Waals surface area contributed by atoms with Gasteiger partial charge in [-0.2, -0.15) is 0 Å². The van der Waals surface area contributed by atoms with E-state index < -0.39 is 11.7 Å². The van der Waals surface area contributed by atoms with Gasteiger partial charge in [-0.25, -0.2) is 4.79 Å². The molecule has 1 rings (SSSR count). The van der Waals surface area contributed by atoms with Crippen molar-refractivity contribution >= 4 is 5.97 Å². The first-order chi connectivity index (χ1) is 8.06. The summed E-state index contributed by atoms with van der Waals surface area (Å²) in [5.74, 6) is 3.47. The molecule has 0 aliphatic rings. The molecule has 0 aromatic heterocycles. The fourth-order valence-corrected chi connectivity index (χ4v) is 1.19. The van der Waals surface area contributed by atoms with Gasteiger partial charge in [0.25, 0.3) is 0 Å². The van der Waals surface area contributed by atoms with Crippen molar-refractivity contribution in [3.63, 3.8) is 0 Å². The predicted molar refractivity (Wildman–Crippen MR) is 62.2 cm³/mol. The molecule has 0 atom stereocenters. The van der Waals surface area contributed by atoms with E-state index in [2.05, 4.69) is 17.2 Å². The van der Waals surface area contributed by atoms with Crippen LogP contribution >= 0.6 is 0 Å². The standard InChI is InChI=1S/C12H13NO4/c1-13-5-3-2-4-8-6-9(12(16)17)11(15)7-10(8)14/h6-7,13-15H,3,5H2,1H3,(H,16,17). The highest BCUT2D eigenvalue weighted by atomic mass is 16.4. The van der Waals surface area contributed by atoms with Gasteiger partial charge in [-0.3, -0.25) is 0 Å². The maximum Gasteiger partial charge on any atom is 0.339 e. The van der Waals surface area contributed by atoms with E-state index in [4.69, 9.17) is 5.11 Å². The maximum absolute atomic E-state index is 10.8. The Morgan fingerprint density at radius 1 is 1.35 bits per heavy atom. The average Bonchev–Trinajstić information content (AvgIpc) is 2.26. The highest BCUT2D eigenvalue weighted by molar-refractivity contribution is 5.91. The highest BCUT2D eigenvalue weighted by Crippen LogP contribution is 2.26. The van der Waals surface area contributed by atoms with Crippen LogP contribution in [0, 0.1) is 11.8 Å². The molecular weight excluding hydrogens is 222 g/mol. The van der Waals surface area contributed by atoms with E-state index >= 15 is 0 Å². The van der Waals surface area contributed by atoms with Crippen molar-refractivity contribution in [3.8, 4) is 23.3 Å². The van der Waals surface area contributed by atoms with Gasteiger partial charge in [-0.15, -0.1) is 0 Å². The monoisotopic (exact) mass is 235 g/mol.